The monoisotopic (exact) mass is 236 g/mol. The molecule has 0 radical (unpaired) electrons. The highest BCUT2D eigenvalue weighted by atomic mass is 35.5. The van der Waals surface area contributed by atoms with E-state index >= 15 is 0 Å². The van der Waals surface area contributed by atoms with E-state index < -0.39 is 0 Å². The van der Waals surface area contributed by atoms with Gasteiger partial charge in [-0.15, -0.1) is 0 Å². The standard InChI is InChI=1S/C13H17ClN2/c1-8-6-10(8)13-15-11(7-12(14)16-13)9-4-2-3-5-9/h7-10H,2-6H2,1H3. The summed E-state index contributed by atoms with van der Waals surface area (Å²) in [5.41, 5.74) is 1.19. The molecule has 2 aliphatic carbocycles. The van der Waals surface area contributed by atoms with Crippen LogP contribution in [0.25, 0.3) is 0 Å². The number of hydrogen-bond donors (Lipinski definition) is 0. The Labute approximate surface area is 101 Å². The van der Waals surface area contributed by atoms with E-state index in [1.807, 2.05) is 6.07 Å². The molecule has 1 aromatic rings. The van der Waals surface area contributed by atoms with Crippen LogP contribution in [0.1, 0.15) is 62.4 Å². The zero-order chi connectivity index (χ0) is 11.1. The zero-order valence-electron chi connectivity index (χ0n) is 9.62. The van der Waals surface area contributed by atoms with Gasteiger partial charge in [-0.2, -0.15) is 0 Å². The Balaban J connectivity index is 1.89. The molecular weight excluding hydrogens is 220 g/mol. The smallest absolute Gasteiger partial charge is 0.133 e. The summed E-state index contributed by atoms with van der Waals surface area (Å²) in [6.07, 6.45) is 6.44. The molecule has 1 heterocycles. The average molecular weight is 237 g/mol. The van der Waals surface area contributed by atoms with Crippen molar-refractivity contribution in [2.75, 3.05) is 0 Å². The van der Waals surface area contributed by atoms with Gasteiger partial charge in [-0.05, 0) is 31.2 Å². The maximum absolute atomic E-state index is 6.10. The minimum Gasteiger partial charge on any atom is -0.237 e. The first-order valence-electron chi connectivity index (χ1n) is 6.28. The van der Waals surface area contributed by atoms with Crippen molar-refractivity contribution < 1.29 is 0 Å². The second kappa shape index (κ2) is 3.99. The predicted octanol–water partition coefficient (Wildman–Crippen LogP) is 3.91. The van der Waals surface area contributed by atoms with Crippen molar-refractivity contribution in [2.45, 2.75) is 50.9 Å². The molecule has 0 amide bonds. The Morgan fingerprint density at radius 2 is 1.94 bits per heavy atom. The third-order valence-electron chi connectivity index (χ3n) is 3.95. The number of rotatable bonds is 2. The first kappa shape index (κ1) is 10.5. The molecule has 2 nitrogen and oxygen atoms in total. The van der Waals surface area contributed by atoms with Gasteiger partial charge in [-0.1, -0.05) is 31.4 Å². The van der Waals surface area contributed by atoms with Crippen LogP contribution in [0.2, 0.25) is 5.15 Å². The normalized spacial score (nSPS) is 29.6. The average Bonchev–Trinajstić information content (AvgIpc) is 2.81. The van der Waals surface area contributed by atoms with Crippen LogP contribution in [0.15, 0.2) is 6.07 Å². The minimum absolute atomic E-state index is 0.568. The van der Waals surface area contributed by atoms with Gasteiger partial charge in [0, 0.05) is 17.5 Å². The topological polar surface area (TPSA) is 25.8 Å². The molecule has 0 bridgehead atoms. The van der Waals surface area contributed by atoms with Crippen molar-refractivity contribution in [1.29, 1.82) is 0 Å². The molecule has 2 unspecified atom stereocenters. The Kier molecular flexibility index (Phi) is 2.62. The summed E-state index contributed by atoms with van der Waals surface area (Å²) in [6, 6.07) is 1.97. The summed E-state index contributed by atoms with van der Waals surface area (Å²) in [6.45, 7) is 2.25. The Morgan fingerprint density at radius 3 is 2.56 bits per heavy atom. The van der Waals surface area contributed by atoms with Gasteiger partial charge < -0.3 is 0 Å². The summed E-state index contributed by atoms with van der Waals surface area (Å²) in [5, 5.41) is 0.631. The predicted molar refractivity (Wildman–Crippen MR) is 64.8 cm³/mol. The highest BCUT2D eigenvalue weighted by Gasteiger charge is 2.37. The van der Waals surface area contributed by atoms with Crippen LogP contribution in [0.5, 0.6) is 0 Å². The van der Waals surface area contributed by atoms with Crippen LogP contribution >= 0.6 is 11.6 Å². The first-order valence-corrected chi connectivity index (χ1v) is 6.66. The third-order valence-corrected chi connectivity index (χ3v) is 4.14. The Hall–Kier alpha value is -0.630. The van der Waals surface area contributed by atoms with E-state index in [9.17, 15) is 0 Å². The molecule has 2 atom stereocenters. The molecule has 0 aromatic carbocycles. The van der Waals surface area contributed by atoms with E-state index in [1.165, 1.54) is 37.8 Å². The molecule has 2 saturated carbocycles. The molecule has 0 saturated heterocycles. The summed E-state index contributed by atoms with van der Waals surface area (Å²) >= 11 is 6.10. The maximum Gasteiger partial charge on any atom is 0.133 e. The molecule has 0 aliphatic heterocycles. The van der Waals surface area contributed by atoms with Crippen molar-refractivity contribution >= 4 is 11.6 Å². The lowest BCUT2D eigenvalue weighted by molar-refractivity contribution is 0.680. The second-order valence-corrected chi connectivity index (χ2v) is 5.66. The van der Waals surface area contributed by atoms with Gasteiger partial charge >= 0.3 is 0 Å². The molecule has 3 heteroatoms. The van der Waals surface area contributed by atoms with E-state index in [-0.39, 0.29) is 0 Å². The number of halogens is 1. The van der Waals surface area contributed by atoms with Gasteiger partial charge in [0.1, 0.15) is 11.0 Å². The molecular formula is C13H17ClN2. The lowest BCUT2D eigenvalue weighted by Crippen LogP contribution is -2.02. The molecule has 0 spiro atoms. The molecule has 16 heavy (non-hydrogen) atoms. The van der Waals surface area contributed by atoms with Gasteiger partial charge in [0.15, 0.2) is 0 Å². The molecule has 3 rings (SSSR count). The van der Waals surface area contributed by atoms with E-state index in [0.717, 1.165) is 11.7 Å². The molecule has 0 N–H and O–H groups in total. The van der Waals surface area contributed by atoms with E-state index in [4.69, 9.17) is 16.6 Å². The molecule has 2 aliphatic rings. The molecule has 2 fully saturated rings. The van der Waals surface area contributed by atoms with Crippen molar-refractivity contribution in [3.63, 3.8) is 0 Å². The number of nitrogens with zero attached hydrogens (tertiary/aromatic N) is 2. The van der Waals surface area contributed by atoms with E-state index in [2.05, 4.69) is 11.9 Å². The van der Waals surface area contributed by atoms with Crippen LogP contribution in [-0.4, -0.2) is 9.97 Å². The summed E-state index contributed by atoms with van der Waals surface area (Å²) in [4.78, 5) is 9.10. The SMILES string of the molecule is CC1CC1c1nc(Cl)cc(C2CCCC2)n1. The third kappa shape index (κ3) is 1.95. The molecule has 86 valence electrons. The fourth-order valence-corrected chi connectivity index (χ4v) is 2.93. The van der Waals surface area contributed by atoms with Gasteiger partial charge in [0.05, 0.1) is 0 Å². The van der Waals surface area contributed by atoms with Crippen molar-refractivity contribution in [2.24, 2.45) is 5.92 Å². The van der Waals surface area contributed by atoms with Crippen molar-refractivity contribution in [3.05, 3.63) is 22.7 Å². The Bertz CT molecular complexity index is 399. The highest BCUT2D eigenvalue weighted by molar-refractivity contribution is 6.29. The lowest BCUT2D eigenvalue weighted by atomic mass is 10.0. The summed E-state index contributed by atoms with van der Waals surface area (Å²) in [7, 11) is 0. The van der Waals surface area contributed by atoms with Crippen LogP contribution in [0.3, 0.4) is 0 Å². The lowest BCUT2D eigenvalue weighted by Gasteiger charge is -2.10. The van der Waals surface area contributed by atoms with E-state index in [0.29, 0.717) is 17.0 Å². The van der Waals surface area contributed by atoms with Crippen LogP contribution in [0.4, 0.5) is 0 Å². The number of aromatic nitrogens is 2. The fourth-order valence-electron chi connectivity index (χ4n) is 2.73. The van der Waals surface area contributed by atoms with Crippen LogP contribution < -0.4 is 0 Å². The maximum atomic E-state index is 6.10. The highest BCUT2D eigenvalue weighted by Crippen LogP contribution is 2.46. The largest absolute Gasteiger partial charge is 0.237 e. The fraction of sp³-hybridized carbons (Fsp3) is 0.692. The van der Waals surface area contributed by atoms with Crippen molar-refractivity contribution in [3.8, 4) is 0 Å². The second-order valence-electron chi connectivity index (χ2n) is 5.27. The summed E-state index contributed by atoms with van der Waals surface area (Å²) < 4.78 is 0. The van der Waals surface area contributed by atoms with Crippen molar-refractivity contribution in [1.82, 2.24) is 9.97 Å². The Morgan fingerprint density at radius 1 is 1.25 bits per heavy atom. The van der Waals surface area contributed by atoms with Crippen LogP contribution in [-0.2, 0) is 0 Å². The van der Waals surface area contributed by atoms with Gasteiger partial charge in [0.25, 0.3) is 0 Å². The molecule has 1 aromatic heterocycles. The summed E-state index contributed by atoms with van der Waals surface area (Å²) in [5.74, 6) is 2.93. The van der Waals surface area contributed by atoms with Gasteiger partial charge in [-0.3, -0.25) is 0 Å². The van der Waals surface area contributed by atoms with Gasteiger partial charge in [-0.25, -0.2) is 9.97 Å². The quantitative estimate of drug-likeness (QED) is 0.728. The zero-order valence-corrected chi connectivity index (χ0v) is 10.4. The van der Waals surface area contributed by atoms with Crippen LogP contribution in [0, 0.1) is 5.92 Å². The first-order chi connectivity index (χ1) is 7.74. The van der Waals surface area contributed by atoms with E-state index in [1.54, 1.807) is 0 Å². The van der Waals surface area contributed by atoms with Gasteiger partial charge in [0.2, 0.25) is 0 Å². The minimum atomic E-state index is 0.568. The number of hydrogen-bond acceptors (Lipinski definition) is 2.